The summed E-state index contributed by atoms with van der Waals surface area (Å²) in [7, 11) is -2.42. The van der Waals surface area contributed by atoms with E-state index in [1.807, 2.05) is 0 Å². The van der Waals surface area contributed by atoms with Crippen molar-refractivity contribution in [2.45, 2.75) is 17.7 Å². The van der Waals surface area contributed by atoms with Crippen LogP contribution in [0.2, 0.25) is 0 Å². The molecule has 0 atom stereocenters. The molecule has 3 aromatic carbocycles. The molecule has 0 unspecified atom stereocenters. The van der Waals surface area contributed by atoms with Crippen LogP contribution in [0.25, 0.3) is 0 Å². The number of aryl methyl sites for hydroxylation is 1. The van der Waals surface area contributed by atoms with Crippen molar-refractivity contribution >= 4 is 33.3 Å². The Kier molecular flexibility index (Phi) is 5.96. The zero-order valence-electron chi connectivity index (χ0n) is 17.4. The summed E-state index contributed by atoms with van der Waals surface area (Å²) in [5, 5.41) is 2.80. The first-order valence-electron chi connectivity index (χ1n) is 10.1. The molecule has 164 valence electrons. The van der Waals surface area contributed by atoms with Gasteiger partial charge in [0.2, 0.25) is 0 Å². The summed E-state index contributed by atoms with van der Waals surface area (Å²) in [5.74, 6) is -1.04. The minimum atomic E-state index is -3.68. The van der Waals surface area contributed by atoms with Gasteiger partial charge >= 0.3 is 5.97 Å². The predicted molar refractivity (Wildman–Crippen MR) is 121 cm³/mol. The fourth-order valence-electron chi connectivity index (χ4n) is 3.78. The highest BCUT2D eigenvalue weighted by atomic mass is 32.2. The molecule has 0 saturated carbocycles. The van der Waals surface area contributed by atoms with E-state index in [0.717, 1.165) is 5.56 Å². The Bertz CT molecular complexity index is 1270. The SMILES string of the molecule is COC(=O)c1ccccc1C(=O)Nc1ccc2c(c1)CCCN2S(=O)(=O)c1ccccc1. The summed E-state index contributed by atoms with van der Waals surface area (Å²) in [4.78, 5) is 25.0. The van der Waals surface area contributed by atoms with E-state index in [2.05, 4.69) is 5.32 Å². The van der Waals surface area contributed by atoms with Crippen molar-refractivity contribution in [1.82, 2.24) is 0 Å². The largest absolute Gasteiger partial charge is 0.465 e. The van der Waals surface area contributed by atoms with Crippen LogP contribution in [0.15, 0.2) is 77.7 Å². The molecule has 7 nitrogen and oxygen atoms in total. The van der Waals surface area contributed by atoms with Gasteiger partial charge in [0.25, 0.3) is 15.9 Å². The number of hydrogen-bond acceptors (Lipinski definition) is 5. The lowest BCUT2D eigenvalue weighted by atomic mass is 10.0. The van der Waals surface area contributed by atoms with Crippen LogP contribution in [0.3, 0.4) is 0 Å². The van der Waals surface area contributed by atoms with Crippen molar-refractivity contribution in [3.63, 3.8) is 0 Å². The van der Waals surface area contributed by atoms with Crippen LogP contribution in [0.1, 0.15) is 32.7 Å². The highest BCUT2D eigenvalue weighted by Gasteiger charge is 2.29. The van der Waals surface area contributed by atoms with Crippen molar-refractivity contribution < 1.29 is 22.7 Å². The van der Waals surface area contributed by atoms with E-state index in [4.69, 9.17) is 4.74 Å². The van der Waals surface area contributed by atoms with Crippen LogP contribution in [-0.4, -0.2) is 33.9 Å². The van der Waals surface area contributed by atoms with Gasteiger partial charge in [0, 0.05) is 12.2 Å². The third kappa shape index (κ3) is 4.09. The Balaban J connectivity index is 1.62. The molecule has 3 aromatic rings. The van der Waals surface area contributed by atoms with Crippen LogP contribution in [-0.2, 0) is 21.2 Å². The molecule has 0 spiro atoms. The molecule has 0 fully saturated rings. The lowest BCUT2D eigenvalue weighted by Crippen LogP contribution is -2.35. The molecule has 1 aliphatic heterocycles. The van der Waals surface area contributed by atoms with E-state index in [0.29, 0.717) is 30.8 Å². The van der Waals surface area contributed by atoms with Crippen LogP contribution in [0, 0.1) is 0 Å². The molecule has 0 bridgehead atoms. The second-order valence-corrected chi connectivity index (χ2v) is 9.19. The van der Waals surface area contributed by atoms with E-state index in [1.165, 1.54) is 17.5 Å². The van der Waals surface area contributed by atoms with Gasteiger partial charge in [-0.25, -0.2) is 13.2 Å². The standard InChI is InChI=1S/C24H22N2O5S/c1-31-24(28)21-12-6-5-11-20(21)23(27)25-18-13-14-22-17(16-18)8-7-15-26(22)32(29,30)19-9-3-2-4-10-19/h2-6,9-14,16H,7-8,15H2,1H3,(H,25,27). The summed E-state index contributed by atoms with van der Waals surface area (Å²) < 4.78 is 32.4. The average Bonchev–Trinajstić information content (AvgIpc) is 2.83. The number of nitrogens with zero attached hydrogens (tertiary/aromatic N) is 1. The number of sulfonamides is 1. The van der Waals surface area contributed by atoms with Gasteiger partial charge < -0.3 is 10.1 Å². The first kappa shape index (κ1) is 21.6. The third-order valence-electron chi connectivity index (χ3n) is 5.32. The molecule has 0 radical (unpaired) electrons. The highest BCUT2D eigenvalue weighted by molar-refractivity contribution is 7.92. The predicted octanol–water partition coefficient (Wildman–Crippen LogP) is 3.87. The zero-order valence-corrected chi connectivity index (χ0v) is 18.3. The summed E-state index contributed by atoms with van der Waals surface area (Å²) >= 11 is 0. The maximum atomic E-state index is 13.1. The number of anilines is 2. The molecule has 8 heteroatoms. The molecule has 1 heterocycles. The molecular formula is C24H22N2O5S. The molecule has 1 aliphatic rings. The number of carbonyl (C=O) groups excluding carboxylic acids is 2. The van der Waals surface area contributed by atoms with Crippen LogP contribution in [0.5, 0.6) is 0 Å². The van der Waals surface area contributed by atoms with E-state index in [1.54, 1.807) is 66.7 Å². The van der Waals surface area contributed by atoms with Gasteiger partial charge in [-0.15, -0.1) is 0 Å². The Labute approximate surface area is 186 Å². The first-order chi connectivity index (χ1) is 15.4. The van der Waals surface area contributed by atoms with Crippen molar-refractivity contribution in [1.29, 1.82) is 0 Å². The van der Waals surface area contributed by atoms with Gasteiger partial charge in [0.05, 0.1) is 28.8 Å². The van der Waals surface area contributed by atoms with Gasteiger partial charge in [-0.3, -0.25) is 9.10 Å². The molecule has 0 aromatic heterocycles. The van der Waals surface area contributed by atoms with E-state index < -0.39 is 21.9 Å². The van der Waals surface area contributed by atoms with Crippen LogP contribution in [0.4, 0.5) is 11.4 Å². The Morgan fingerprint density at radius 1 is 0.938 bits per heavy atom. The minimum Gasteiger partial charge on any atom is -0.465 e. The maximum Gasteiger partial charge on any atom is 0.338 e. The monoisotopic (exact) mass is 450 g/mol. The highest BCUT2D eigenvalue weighted by Crippen LogP contribution is 2.34. The summed E-state index contributed by atoms with van der Waals surface area (Å²) in [6, 6.07) is 19.9. The van der Waals surface area contributed by atoms with Gasteiger partial charge in [-0.05, 0) is 60.9 Å². The van der Waals surface area contributed by atoms with E-state index >= 15 is 0 Å². The average molecular weight is 451 g/mol. The topological polar surface area (TPSA) is 92.8 Å². The summed E-state index contributed by atoms with van der Waals surface area (Å²) in [5.41, 5.74) is 2.33. The van der Waals surface area contributed by atoms with Gasteiger partial charge in [-0.2, -0.15) is 0 Å². The second kappa shape index (κ2) is 8.84. The Hall–Kier alpha value is -3.65. The summed E-state index contributed by atoms with van der Waals surface area (Å²) in [6.45, 7) is 0.391. The number of esters is 1. The number of amides is 1. The maximum absolute atomic E-state index is 13.1. The van der Waals surface area contributed by atoms with Crippen molar-refractivity contribution in [2.24, 2.45) is 0 Å². The molecule has 32 heavy (non-hydrogen) atoms. The smallest absolute Gasteiger partial charge is 0.338 e. The zero-order chi connectivity index (χ0) is 22.7. The molecule has 4 rings (SSSR count). The number of hydrogen-bond donors (Lipinski definition) is 1. The molecule has 1 amide bonds. The Morgan fingerprint density at radius 2 is 1.62 bits per heavy atom. The molecular weight excluding hydrogens is 428 g/mol. The van der Waals surface area contributed by atoms with E-state index in [9.17, 15) is 18.0 Å². The van der Waals surface area contributed by atoms with Gasteiger partial charge in [0.1, 0.15) is 0 Å². The third-order valence-corrected chi connectivity index (χ3v) is 7.15. The molecule has 0 aliphatic carbocycles. The quantitative estimate of drug-likeness (QED) is 0.596. The minimum absolute atomic E-state index is 0.172. The van der Waals surface area contributed by atoms with Gasteiger partial charge in [-0.1, -0.05) is 30.3 Å². The number of rotatable bonds is 5. The fraction of sp³-hybridized carbons (Fsp3) is 0.167. The summed E-state index contributed by atoms with van der Waals surface area (Å²) in [6.07, 6.45) is 1.36. The fourth-order valence-corrected chi connectivity index (χ4v) is 5.34. The van der Waals surface area contributed by atoms with E-state index in [-0.39, 0.29) is 16.0 Å². The second-order valence-electron chi connectivity index (χ2n) is 7.33. The lowest BCUT2D eigenvalue weighted by molar-refractivity contribution is 0.0597. The number of carbonyl (C=O) groups is 2. The molecule has 0 saturated heterocycles. The van der Waals surface area contributed by atoms with Crippen molar-refractivity contribution in [2.75, 3.05) is 23.3 Å². The van der Waals surface area contributed by atoms with Gasteiger partial charge in [0.15, 0.2) is 0 Å². The number of benzene rings is 3. The number of fused-ring (bicyclic) bond motifs is 1. The number of methoxy groups -OCH3 is 1. The number of ether oxygens (including phenoxy) is 1. The number of nitrogens with one attached hydrogen (secondary N) is 1. The molecule has 1 N–H and O–H groups in total. The van der Waals surface area contributed by atoms with Crippen LogP contribution >= 0.6 is 0 Å². The lowest BCUT2D eigenvalue weighted by Gasteiger charge is -2.31. The normalized spacial score (nSPS) is 13.2. The van der Waals surface area contributed by atoms with Crippen molar-refractivity contribution in [3.05, 3.63) is 89.5 Å². The van der Waals surface area contributed by atoms with Crippen LogP contribution < -0.4 is 9.62 Å². The first-order valence-corrected chi connectivity index (χ1v) is 11.6. The van der Waals surface area contributed by atoms with Crippen molar-refractivity contribution in [3.8, 4) is 0 Å². The Morgan fingerprint density at radius 3 is 2.34 bits per heavy atom.